The predicted octanol–water partition coefficient (Wildman–Crippen LogP) is 2.76. The first-order chi connectivity index (χ1) is 10.6. The van der Waals surface area contributed by atoms with Crippen LogP contribution in [0.5, 0.6) is 0 Å². The molecule has 2 aliphatic rings. The number of anilines is 1. The molecule has 2 N–H and O–H groups in total. The summed E-state index contributed by atoms with van der Waals surface area (Å²) in [7, 11) is 0. The highest BCUT2D eigenvalue weighted by Gasteiger charge is 2.41. The lowest BCUT2D eigenvalue weighted by molar-refractivity contribution is -0.0877. The van der Waals surface area contributed by atoms with Crippen LogP contribution in [0.15, 0.2) is 18.2 Å². The maximum atomic E-state index is 12.3. The Bertz CT molecular complexity index is 553. The van der Waals surface area contributed by atoms with E-state index in [1.807, 2.05) is 32.0 Å². The molecule has 120 valence electrons. The maximum Gasteiger partial charge on any atom is 0.319 e. The van der Waals surface area contributed by atoms with Crippen LogP contribution in [0.2, 0.25) is 0 Å². The normalized spacial score (nSPS) is 27.8. The molecule has 2 amide bonds. The van der Waals surface area contributed by atoms with Crippen molar-refractivity contribution >= 4 is 11.7 Å². The van der Waals surface area contributed by atoms with Crippen LogP contribution in [-0.4, -0.2) is 37.5 Å². The summed E-state index contributed by atoms with van der Waals surface area (Å²) in [6.07, 6.45) is 2.60. The van der Waals surface area contributed by atoms with Crippen LogP contribution >= 0.6 is 0 Å². The summed E-state index contributed by atoms with van der Waals surface area (Å²) in [5, 5.41) is 6.03. The van der Waals surface area contributed by atoms with Crippen molar-refractivity contribution in [2.75, 3.05) is 25.1 Å². The average Bonchev–Trinajstić information content (AvgIpc) is 2.90. The molecule has 2 fully saturated rings. The monoisotopic (exact) mass is 304 g/mol. The van der Waals surface area contributed by atoms with Gasteiger partial charge >= 0.3 is 6.03 Å². The molecule has 1 spiro atoms. The minimum absolute atomic E-state index is 0.139. The molecule has 1 aromatic rings. The predicted molar refractivity (Wildman–Crippen MR) is 85.2 cm³/mol. The molecule has 1 aromatic carbocycles. The van der Waals surface area contributed by atoms with E-state index in [1.165, 1.54) is 0 Å². The van der Waals surface area contributed by atoms with Crippen molar-refractivity contribution in [3.05, 3.63) is 29.3 Å². The number of benzene rings is 1. The molecule has 0 radical (unpaired) electrons. The van der Waals surface area contributed by atoms with E-state index in [0.717, 1.165) is 42.7 Å². The fourth-order valence-electron chi connectivity index (χ4n) is 3.23. The number of aryl methyl sites for hydroxylation is 2. The van der Waals surface area contributed by atoms with Crippen LogP contribution < -0.4 is 10.6 Å². The molecule has 0 aliphatic carbocycles. The average molecular weight is 304 g/mol. The maximum absolute atomic E-state index is 12.3. The third-order valence-corrected chi connectivity index (χ3v) is 4.54. The van der Waals surface area contributed by atoms with Gasteiger partial charge in [-0.2, -0.15) is 0 Å². The van der Waals surface area contributed by atoms with E-state index >= 15 is 0 Å². The first-order valence-electron chi connectivity index (χ1n) is 7.93. The molecule has 0 aromatic heterocycles. The first kappa shape index (κ1) is 15.3. The molecular weight excluding hydrogens is 280 g/mol. The Hall–Kier alpha value is -1.59. The number of urea groups is 1. The van der Waals surface area contributed by atoms with Crippen molar-refractivity contribution in [1.82, 2.24) is 5.32 Å². The van der Waals surface area contributed by atoms with Gasteiger partial charge in [0.1, 0.15) is 0 Å². The van der Waals surface area contributed by atoms with Crippen molar-refractivity contribution in [2.24, 2.45) is 0 Å². The highest BCUT2D eigenvalue weighted by Crippen LogP contribution is 2.32. The van der Waals surface area contributed by atoms with Gasteiger partial charge < -0.3 is 20.1 Å². The number of rotatable bonds is 2. The highest BCUT2D eigenvalue weighted by molar-refractivity contribution is 5.90. The van der Waals surface area contributed by atoms with Crippen molar-refractivity contribution in [3.63, 3.8) is 0 Å². The first-order valence-corrected chi connectivity index (χ1v) is 7.93. The van der Waals surface area contributed by atoms with Crippen molar-refractivity contribution in [3.8, 4) is 0 Å². The summed E-state index contributed by atoms with van der Waals surface area (Å²) in [6, 6.07) is 6.05. The van der Waals surface area contributed by atoms with E-state index in [9.17, 15) is 4.79 Å². The Balaban J connectivity index is 1.58. The summed E-state index contributed by atoms with van der Waals surface area (Å²) >= 11 is 0. The number of amides is 2. The van der Waals surface area contributed by atoms with Crippen molar-refractivity contribution < 1.29 is 14.3 Å². The van der Waals surface area contributed by atoms with Crippen molar-refractivity contribution in [1.29, 1.82) is 0 Å². The third kappa shape index (κ3) is 3.42. The number of carbonyl (C=O) groups excluding carboxylic acids is 1. The van der Waals surface area contributed by atoms with Gasteiger partial charge in [-0.05, 0) is 43.9 Å². The molecule has 2 aliphatic heterocycles. The van der Waals surface area contributed by atoms with E-state index in [2.05, 4.69) is 10.6 Å². The number of nitrogens with one attached hydrogen (secondary N) is 2. The van der Waals surface area contributed by atoms with Gasteiger partial charge in [0.25, 0.3) is 0 Å². The summed E-state index contributed by atoms with van der Waals surface area (Å²) in [5.41, 5.74) is 2.88. The van der Waals surface area contributed by atoms with Gasteiger partial charge in [-0.15, -0.1) is 0 Å². The van der Waals surface area contributed by atoms with Gasteiger partial charge in [0.05, 0.1) is 12.2 Å². The van der Waals surface area contributed by atoms with Gasteiger partial charge in [-0.25, -0.2) is 4.79 Å². The van der Waals surface area contributed by atoms with Gasteiger partial charge in [0.2, 0.25) is 0 Å². The van der Waals surface area contributed by atoms with E-state index in [-0.39, 0.29) is 17.7 Å². The highest BCUT2D eigenvalue weighted by atomic mass is 16.6. The second kappa shape index (κ2) is 6.26. The molecular formula is C17H24N2O3. The second-order valence-electron chi connectivity index (χ2n) is 6.44. The Morgan fingerprint density at radius 2 is 2.18 bits per heavy atom. The lowest BCUT2D eigenvalue weighted by atomic mass is 9.90. The topological polar surface area (TPSA) is 59.6 Å². The van der Waals surface area contributed by atoms with Gasteiger partial charge in [0, 0.05) is 31.4 Å². The Morgan fingerprint density at radius 1 is 1.32 bits per heavy atom. The van der Waals surface area contributed by atoms with E-state index in [1.54, 1.807) is 0 Å². The molecule has 22 heavy (non-hydrogen) atoms. The van der Waals surface area contributed by atoms with Crippen molar-refractivity contribution in [2.45, 2.75) is 44.8 Å². The summed E-state index contributed by atoms with van der Waals surface area (Å²) in [4.78, 5) is 12.3. The summed E-state index contributed by atoms with van der Waals surface area (Å²) in [6.45, 7) is 6.09. The SMILES string of the molecule is Cc1ccc(C)c(NC(=O)N[C@H]2CCO[C@@]3(CCOC3)C2)c1. The number of ether oxygens (including phenoxy) is 2. The Kier molecular flexibility index (Phi) is 4.36. The van der Waals surface area contributed by atoms with Crippen LogP contribution in [0.1, 0.15) is 30.4 Å². The quantitative estimate of drug-likeness (QED) is 0.883. The Morgan fingerprint density at radius 3 is 2.95 bits per heavy atom. The van der Waals surface area contributed by atoms with Crippen LogP contribution in [0.3, 0.4) is 0 Å². The molecule has 5 nitrogen and oxygen atoms in total. The van der Waals surface area contributed by atoms with Gasteiger partial charge in [-0.3, -0.25) is 0 Å². The summed E-state index contributed by atoms with van der Waals surface area (Å²) in [5.74, 6) is 0. The zero-order chi connectivity index (χ0) is 15.6. The molecule has 0 unspecified atom stereocenters. The third-order valence-electron chi connectivity index (χ3n) is 4.54. The standard InChI is InChI=1S/C17H24N2O3/c1-12-3-4-13(2)15(9-12)19-16(20)18-14-5-7-22-17(10-14)6-8-21-11-17/h3-4,9,14H,5-8,10-11H2,1-2H3,(H2,18,19,20)/t14-,17-/m0/s1. The minimum atomic E-state index is -0.185. The molecule has 2 saturated heterocycles. The second-order valence-corrected chi connectivity index (χ2v) is 6.44. The Labute approximate surface area is 131 Å². The van der Waals surface area contributed by atoms with Crippen LogP contribution in [0.4, 0.5) is 10.5 Å². The van der Waals surface area contributed by atoms with Gasteiger partial charge in [-0.1, -0.05) is 12.1 Å². The van der Waals surface area contributed by atoms with Gasteiger partial charge in [0.15, 0.2) is 0 Å². The fourth-order valence-corrected chi connectivity index (χ4v) is 3.23. The van der Waals surface area contributed by atoms with Crippen LogP contribution in [0, 0.1) is 13.8 Å². The number of carbonyl (C=O) groups is 1. The summed E-state index contributed by atoms with van der Waals surface area (Å²) < 4.78 is 11.4. The zero-order valence-electron chi connectivity index (χ0n) is 13.3. The lowest BCUT2D eigenvalue weighted by Gasteiger charge is -2.37. The lowest BCUT2D eigenvalue weighted by Crippen LogP contribution is -2.49. The smallest absolute Gasteiger partial charge is 0.319 e. The number of hydrogen-bond donors (Lipinski definition) is 2. The zero-order valence-corrected chi connectivity index (χ0v) is 13.3. The molecule has 2 heterocycles. The molecule has 3 rings (SSSR count). The molecule has 5 heteroatoms. The van der Waals surface area contributed by atoms with Crippen LogP contribution in [0.25, 0.3) is 0 Å². The van der Waals surface area contributed by atoms with E-state index in [0.29, 0.717) is 13.2 Å². The van der Waals surface area contributed by atoms with E-state index < -0.39 is 0 Å². The molecule has 0 saturated carbocycles. The minimum Gasteiger partial charge on any atom is -0.378 e. The van der Waals surface area contributed by atoms with E-state index in [4.69, 9.17) is 9.47 Å². The molecule has 2 atom stereocenters. The van der Waals surface area contributed by atoms with Crippen LogP contribution in [-0.2, 0) is 9.47 Å². The fraction of sp³-hybridized carbons (Fsp3) is 0.588. The molecule has 0 bridgehead atoms. The largest absolute Gasteiger partial charge is 0.378 e. The number of hydrogen-bond acceptors (Lipinski definition) is 3.